The molecule has 0 saturated carbocycles. The minimum Gasteiger partial charge on any atom is -0.336 e. The molecular formula is C27H28N4O. The Morgan fingerprint density at radius 1 is 0.812 bits per heavy atom. The Kier molecular flexibility index (Phi) is 5.73. The summed E-state index contributed by atoms with van der Waals surface area (Å²) in [6.45, 7) is 6.82. The third kappa shape index (κ3) is 4.30. The average Bonchev–Trinajstić information content (AvgIpc) is 3.17. The van der Waals surface area contributed by atoms with Crippen LogP contribution in [0.3, 0.4) is 0 Å². The fourth-order valence-electron chi connectivity index (χ4n) is 4.38. The van der Waals surface area contributed by atoms with Gasteiger partial charge in [0.15, 0.2) is 0 Å². The largest absolute Gasteiger partial charge is 0.336 e. The van der Waals surface area contributed by atoms with Crippen molar-refractivity contribution >= 4 is 16.9 Å². The lowest BCUT2D eigenvalue weighted by molar-refractivity contribution is 0.0624. The van der Waals surface area contributed by atoms with Crippen molar-refractivity contribution in [3.8, 4) is 0 Å². The van der Waals surface area contributed by atoms with Crippen LogP contribution >= 0.6 is 0 Å². The molecule has 32 heavy (non-hydrogen) atoms. The highest BCUT2D eigenvalue weighted by Gasteiger charge is 2.23. The second-order valence-corrected chi connectivity index (χ2v) is 8.52. The summed E-state index contributed by atoms with van der Waals surface area (Å²) in [6.07, 6.45) is 0. The summed E-state index contributed by atoms with van der Waals surface area (Å²) in [5.41, 5.74) is 5.41. The van der Waals surface area contributed by atoms with Crippen LogP contribution in [0.25, 0.3) is 11.0 Å². The Bertz CT molecular complexity index is 1210. The van der Waals surface area contributed by atoms with Gasteiger partial charge in [0.05, 0.1) is 17.6 Å². The van der Waals surface area contributed by atoms with Gasteiger partial charge in [0.25, 0.3) is 5.91 Å². The van der Waals surface area contributed by atoms with E-state index in [1.165, 1.54) is 16.6 Å². The first-order chi connectivity index (χ1) is 15.7. The first-order valence-corrected chi connectivity index (χ1v) is 11.2. The van der Waals surface area contributed by atoms with Gasteiger partial charge in [-0.05, 0) is 36.8 Å². The molecular weight excluding hydrogens is 396 g/mol. The highest BCUT2D eigenvalue weighted by atomic mass is 16.2. The number of carbonyl (C=O) groups excluding carboxylic acids is 1. The number of aryl methyl sites for hydroxylation is 1. The van der Waals surface area contributed by atoms with Crippen LogP contribution in [0.15, 0.2) is 78.9 Å². The summed E-state index contributed by atoms with van der Waals surface area (Å²) in [6, 6.07) is 26.7. The van der Waals surface area contributed by atoms with Gasteiger partial charge in [-0.2, -0.15) is 0 Å². The van der Waals surface area contributed by atoms with Crippen LogP contribution in [-0.2, 0) is 13.1 Å². The van der Waals surface area contributed by atoms with E-state index in [1.807, 2.05) is 48.2 Å². The number of piperazine rings is 1. The van der Waals surface area contributed by atoms with Gasteiger partial charge in [-0.1, -0.05) is 60.2 Å². The van der Waals surface area contributed by atoms with Crippen molar-refractivity contribution in [1.82, 2.24) is 19.4 Å². The van der Waals surface area contributed by atoms with E-state index >= 15 is 0 Å². The molecule has 0 spiro atoms. The summed E-state index contributed by atoms with van der Waals surface area (Å²) in [7, 11) is 0. The molecule has 162 valence electrons. The number of benzene rings is 3. The molecule has 1 aliphatic heterocycles. The zero-order valence-electron chi connectivity index (χ0n) is 18.4. The van der Waals surface area contributed by atoms with E-state index in [4.69, 9.17) is 4.98 Å². The molecule has 3 aromatic carbocycles. The number of carbonyl (C=O) groups is 1. The summed E-state index contributed by atoms with van der Waals surface area (Å²) in [5, 5.41) is 0. The van der Waals surface area contributed by atoms with E-state index in [-0.39, 0.29) is 5.91 Å². The molecule has 0 unspecified atom stereocenters. The maximum absolute atomic E-state index is 12.8. The topological polar surface area (TPSA) is 41.4 Å². The maximum Gasteiger partial charge on any atom is 0.253 e. The highest BCUT2D eigenvalue weighted by molar-refractivity contribution is 5.94. The summed E-state index contributed by atoms with van der Waals surface area (Å²) >= 11 is 0. The van der Waals surface area contributed by atoms with E-state index in [0.717, 1.165) is 56.2 Å². The van der Waals surface area contributed by atoms with Crippen LogP contribution in [-0.4, -0.2) is 51.4 Å². The molecule has 1 saturated heterocycles. The lowest BCUT2D eigenvalue weighted by Crippen LogP contribution is -2.48. The molecule has 1 aromatic heterocycles. The SMILES string of the molecule is Cc1ccc(C(=O)N2CCN(Cc3nc4ccccc4n3Cc3ccccc3)CC2)cc1. The van der Waals surface area contributed by atoms with Gasteiger partial charge in [0, 0.05) is 38.3 Å². The van der Waals surface area contributed by atoms with Gasteiger partial charge in [0.1, 0.15) is 5.82 Å². The molecule has 1 fully saturated rings. The van der Waals surface area contributed by atoms with E-state index in [2.05, 4.69) is 51.9 Å². The van der Waals surface area contributed by atoms with Crippen LogP contribution in [0.5, 0.6) is 0 Å². The lowest BCUT2D eigenvalue weighted by atomic mass is 10.1. The normalized spacial score (nSPS) is 14.7. The average molecular weight is 425 g/mol. The second kappa shape index (κ2) is 8.97. The Morgan fingerprint density at radius 2 is 1.50 bits per heavy atom. The molecule has 0 radical (unpaired) electrons. The Hall–Kier alpha value is -3.44. The molecule has 0 aliphatic carbocycles. The van der Waals surface area contributed by atoms with Crippen molar-refractivity contribution in [1.29, 1.82) is 0 Å². The Labute approximate surface area is 188 Å². The van der Waals surface area contributed by atoms with Crippen LogP contribution in [0.4, 0.5) is 0 Å². The fourth-order valence-corrected chi connectivity index (χ4v) is 4.38. The number of fused-ring (bicyclic) bond motifs is 1. The number of nitrogens with zero attached hydrogens (tertiary/aromatic N) is 4. The quantitative estimate of drug-likeness (QED) is 0.478. The predicted octanol–water partition coefficient (Wildman–Crippen LogP) is 4.35. The predicted molar refractivity (Wildman–Crippen MR) is 128 cm³/mol. The summed E-state index contributed by atoms with van der Waals surface area (Å²) < 4.78 is 2.33. The molecule has 4 aromatic rings. The zero-order valence-corrected chi connectivity index (χ0v) is 18.4. The highest BCUT2D eigenvalue weighted by Crippen LogP contribution is 2.20. The molecule has 1 aliphatic rings. The van der Waals surface area contributed by atoms with Crippen molar-refractivity contribution in [3.63, 3.8) is 0 Å². The molecule has 0 N–H and O–H groups in total. The Morgan fingerprint density at radius 3 is 2.25 bits per heavy atom. The monoisotopic (exact) mass is 424 g/mol. The number of amides is 1. The van der Waals surface area contributed by atoms with Crippen LogP contribution in [0, 0.1) is 6.92 Å². The molecule has 1 amide bonds. The lowest BCUT2D eigenvalue weighted by Gasteiger charge is -2.34. The van der Waals surface area contributed by atoms with Crippen molar-refractivity contribution in [3.05, 3.63) is 101 Å². The minimum absolute atomic E-state index is 0.126. The van der Waals surface area contributed by atoms with Gasteiger partial charge in [0.2, 0.25) is 0 Å². The summed E-state index contributed by atoms with van der Waals surface area (Å²) in [4.78, 5) is 22.2. The van der Waals surface area contributed by atoms with Crippen molar-refractivity contribution < 1.29 is 4.79 Å². The number of hydrogen-bond acceptors (Lipinski definition) is 3. The second-order valence-electron chi connectivity index (χ2n) is 8.52. The zero-order chi connectivity index (χ0) is 21.9. The number of hydrogen-bond donors (Lipinski definition) is 0. The maximum atomic E-state index is 12.8. The third-order valence-corrected chi connectivity index (χ3v) is 6.24. The fraction of sp³-hybridized carbons (Fsp3) is 0.259. The van der Waals surface area contributed by atoms with Crippen LogP contribution < -0.4 is 0 Å². The van der Waals surface area contributed by atoms with E-state index in [9.17, 15) is 4.79 Å². The molecule has 5 heteroatoms. The molecule has 5 nitrogen and oxygen atoms in total. The number of rotatable bonds is 5. The van der Waals surface area contributed by atoms with Crippen molar-refractivity contribution in [2.45, 2.75) is 20.0 Å². The van der Waals surface area contributed by atoms with E-state index in [1.54, 1.807) is 0 Å². The number of para-hydroxylation sites is 2. The number of imidazole rings is 1. The minimum atomic E-state index is 0.126. The third-order valence-electron chi connectivity index (χ3n) is 6.24. The van der Waals surface area contributed by atoms with Crippen molar-refractivity contribution in [2.75, 3.05) is 26.2 Å². The molecule has 2 heterocycles. The van der Waals surface area contributed by atoms with Gasteiger partial charge in [-0.3, -0.25) is 9.69 Å². The van der Waals surface area contributed by atoms with Gasteiger partial charge >= 0.3 is 0 Å². The van der Waals surface area contributed by atoms with E-state index in [0.29, 0.717) is 0 Å². The van der Waals surface area contributed by atoms with Gasteiger partial charge in [-0.15, -0.1) is 0 Å². The molecule has 0 bridgehead atoms. The number of aromatic nitrogens is 2. The summed E-state index contributed by atoms with van der Waals surface area (Å²) in [5.74, 6) is 1.20. The molecule has 5 rings (SSSR count). The van der Waals surface area contributed by atoms with Gasteiger partial charge in [-0.25, -0.2) is 4.98 Å². The first-order valence-electron chi connectivity index (χ1n) is 11.2. The van der Waals surface area contributed by atoms with Gasteiger partial charge < -0.3 is 9.47 Å². The smallest absolute Gasteiger partial charge is 0.253 e. The van der Waals surface area contributed by atoms with Crippen LogP contribution in [0.1, 0.15) is 27.3 Å². The Balaban J connectivity index is 1.30. The van der Waals surface area contributed by atoms with Crippen molar-refractivity contribution in [2.24, 2.45) is 0 Å². The molecule has 0 atom stereocenters. The standard InChI is InChI=1S/C27H28N4O/c1-21-11-13-23(14-12-21)27(32)30-17-15-29(16-18-30)20-26-28-24-9-5-6-10-25(24)31(26)19-22-7-3-2-4-8-22/h2-14H,15-20H2,1H3. The van der Waals surface area contributed by atoms with E-state index < -0.39 is 0 Å². The first kappa shape index (κ1) is 20.5. The van der Waals surface area contributed by atoms with Crippen LogP contribution in [0.2, 0.25) is 0 Å².